The molecule has 1 aromatic carbocycles. The lowest BCUT2D eigenvalue weighted by Gasteiger charge is -2.32. The average molecular weight is 505 g/mol. The molecule has 1 atom stereocenters. The van der Waals surface area contributed by atoms with Crippen LogP contribution in [0, 0.1) is 6.92 Å². The third-order valence-electron chi connectivity index (χ3n) is 6.01. The maximum Gasteiger partial charge on any atom is 0.254 e. The SMILES string of the molecule is C=CC(=O)N1CCC[C@H](n2cc(Nc3ncc(C(N)=O)c(Nc4c(C)cccc4OC(C)C)n3)cn2)C1. The van der Waals surface area contributed by atoms with Crippen molar-refractivity contribution in [3.05, 3.63) is 60.6 Å². The molecular formula is C26H32N8O3. The Balaban J connectivity index is 1.56. The van der Waals surface area contributed by atoms with E-state index >= 15 is 0 Å². The summed E-state index contributed by atoms with van der Waals surface area (Å²) in [6, 6.07) is 5.74. The van der Waals surface area contributed by atoms with Gasteiger partial charge in [0.1, 0.15) is 17.1 Å². The number of hydrogen-bond donors (Lipinski definition) is 3. The van der Waals surface area contributed by atoms with Crippen molar-refractivity contribution in [3.63, 3.8) is 0 Å². The molecule has 2 amide bonds. The number of aryl methyl sites for hydroxylation is 1. The van der Waals surface area contributed by atoms with Crippen LogP contribution in [0.3, 0.4) is 0 Å². The van der Waals surface area contributed by atoms with Crippen LogP contribution in [-0.4, -0.2) is 55.7 Å². The van der Waals surface area contributed by atoms with E-state index in [1.54, 1.807) is 11.1 Å². The molecule has 0 saturated carbocycles. The molecule has 0 unspecified atom stereocenters. The lowest BCUT2D eigenvalue weighted by atomic mass is 10.1. The number of amides is 2. The first-order chi connectivity index (χ1) is 17.7. The van der Waals surface area contributed by atoms with Gasteiger partial charge < -0.3 is 26.0 Å². The monoisotopic (exact) mass is 504 g/mol. The van der Waals surface area contributed by atoms with Gasteiger partial charge in [-0.05, 0) is 51.3 Å². The van der Waals surface area contributed by atoms with E-state index in [0.29, 0.717) is 30.2 Å². The van der Waals surface area contributed by atoms with Crippen LogP contribution in [0.1, 0.15) is 48.7 Å². The maximum absolute atomic E-state index is 12.1. The van der Waals surface area contributed by atoms with Crippen LogP contribution in [0.15, 0.2) is 49.4 Å². The topological polar surface area (TPSA) is 140 Å². The van der Waals surface area contributed by atoms with Gasteiger partial charge in [-0.15, -0.1) is 0 Å². The third-order valence-corrected chi connectivity index (χ3v) is 6.01. The number of rotatable bonds is 9. The third kappa shape index (κ3) is 6.05. The van der Waals surface area contributed by atoms with Gasteiger partial charge in [0, 0.05) is 25.5 Å². The van der Waals surface area contributed by atoms with Gasteiger partial charge in [0.25, 0.3) is 5.91 Å². The molecule has 1 saturated heterocycles. The molecule has 2 aromatic heterocycles. The number of primary amides is 1. The number of anilines is 4. The number of benzene rings is 1. The van der Waals surface area contributed by atoms with E-state index in [1.807, 2.05) is 49.8 Å². The van der Waals surface area contributed by atoms with E-state index < -0.39 is 5.91 Å². The van der Waals surface area contributed by atoms with Crippen molar-refractivity contribution in [1.82, 2.24) is 24.6 Å². The Morgan fingerprint density at radius 1 is 1.27 bits per heavy atom. The van der Waals surface area contributed by atoms with Gasteiger partial charge in [-0.1, -0.05) is 18.7 Å². The summed E-state index contributed by atoms with van der Waals surface area (Å²) in [4.78, 5) is 34.7. The van der Waals surface area contributed by atoms with Gasteiger partial charge in [0.2, 0.25) is 11.9 Å². The molecule has 1 fully saturated rings. The number of para-hydroxylation sites is 1. The Morgan fingerprint density at radius 3 is 2.81 bits per heavy atom. The molecule has 11 heteroatoms. The summed E-state index contributed by atoms with van der Waals surface area (Å²) in [7, 11) is 0. The van der Waals surface area contributed by atoms with Crippen molar-refractivity contribution >= 4 is 35.0 Å². The van der Waals surface area contributed by atoms with Crippen molar-refractivity contribution < 1.29 is 14.3 Å². The van der Waals surface area contributed by atoms with Gasteiger partial charge >= 0.3 is 0 Å². The molecule has 37 heavy (non-hydrogen) atoms. The Hall–Kier alpha value is -4.41. The van der Waals surface area contributed by atoms with E-state index in [1.165, 1.54) is 12.3 Å². The highest BCUT2D eigenvalue weighted by Crippen LogP contribution is 2.33. The summed E-state index contributed by atoms with van der Waals surface area (Å²) >= 11 is 0. The first kappa shape index (κ1) is 25.7. The number of aromatic nitrogens is 4. The van der Waals surface area contributed by atoms with E-state index in [2.05, 4.69) is 32.3 Å². The van der Waals surface area contributed by atoms with Crippen molar-refractivity contribution in [1.29, 1.82) is 0 Å². The summed E-state index contributed by atoms with van der Waals surface area (Å²) in [6.45, 7) is 10.7. The van der Waals surface area contributed by atoms with Gasteiger partial charge in [-0.3, -0.25) is 14.3 Å². The molecule has 3 heterocycles. The summed E-state index contributed by atoms with van der Waals surface area (Å²) in [6.07, 6.45) is 8.00. The number of nitrogens with one attached hydrogen (secondary N) is 2. The van der Waals surface area contributed by atoms with Crippen molar-refractivity contribution in [2.45, 2.75) is 45.8 Å². The molecule has 3 aromatic rings. The lowest BCUT2D eigenvalue weighted by Crippen LogP contribution is -2.39. The molecule has 0 radical (unpaired) electrons. The minimum atomic E-state index is -0.655. The van der Waals surface area contributed by atoms with Crippen LogP contribution in [0.25, 0.3) is 0 Å². The fourth-order valence-electron chi connectivity index (χ4n) is 4.22. The first-order valence-corrected chi connectivity index (χ1v) is 12.2. The minimum absolute atomic E-state index is 0.0386. The molecule has 1 aliphatic heterocycles. The fourth-order valence-corrected chi connectivity index (χ4v) is 4.22. The second-order valence-electron chi connectivity index (χ2n) is 9.18. The Kier molecular flexibility index (Phi) is 7.71. The molecule has 1 aliphatic rings. The van der Waals surface area contributed by atoms with Gasteiger partial charge in [-0.2, -0.15) is 10.1 Å². The number of nitrogens with two attached hydrogens (primary N) is 1. The van der Waals surface area contributed by atoms with Crippen LogP contribution >= 0.6 is 0 Å². The first-order valence-electron chi connectivity index (χ1n) is 12.2. The van der Waals surface area contributed by atoms with Crippen LogP contribution in [0.2, 0.25) is 0 Å². The van der Waals surface area contributed by atoms with Crippen LogP contribution in [0.4, 0.5) is 23.1 Å². The quantitative estimate of drug-likeness (QED) is 0.375. The standard InChI is InChI=1S/C26H32N8O3/c1-5-22(35)33-11-7-9-19(15-33)34-14-18(12-29-34)30-26-28-13-20(24(27)36)25(32-26)31-23-17(4)8-6-10-21(23)37-16(2)3/h5-6,8,10,12-14,16,19H,1,7,9,11,15H2,2-4H3,(H2,27,36)(H2,28,30,31,32)/t19-/m0/s1. The predicted octanol–water partition coefficient (Wildman–Crippen LogP) is 3.70. The zero-order chi connectivity index (χ0) is 26.5. The van der Waals surface area contributed by atoms with Crippen LogP contribution in [-0.2, 0) is 4.79 Å². The predicted molar refractivity (Wildman–Crippen MR) is 141 cm³/mol. The summed E-state index contributed by atoms with van der Waals surface area (Å²) < 4.78 is 7.77. The van der Waals surface area contributed by atoms with E-state index in [0.717, 1.165) is 18.4 Å². The highest BCUT2D eigenvalue weighted by atomic mass is 16.5. The largest absolute Gasteiger partial charge is 0.489 e. The highest BCUT2D eigenvalue weighted by Gasteiger charge is 2.24. The molecule has 194 valence electrons. The van der Waals surface area contributed by atoms with Crippen LogP contribution in [0.5, 0.6) is 5.75 Å². The molecule has 0 bridgehead atoms. The molecule has 4 N–H and O–H groups in total. The lowest BCUT2D eigenvalue weighted by molar-refractivity contribution is -0.127. The van der Waals surface area contributed by atoms with Crippen molar-refractivity contribution in [3.8, 4) is 5.75 Å². The highest BCUT2D eigenvalue weighted by molar-refractivity contribution is 5.98. The number of hydrogen-bond acceptors (Lipinski definition) is 8. The number of likely N-dealkylation sites (tertiary alicyclic amines) is 1. The van der Waals surface area contributed by atoms with Gasteiger partial charge in [0.15, 0.2) is 0 Å². The fraction of sp³-hybridized carbons (Fsp3) is 0.346. The molecule has 0 spiro atoms. The van der Waals surface area contributed by atoms with E-state index in [9.17, 15) is 9.59 Å². The number of carbonyl (C=O) groups is 2. The maximum atomic E-state index is 12.1. The Labute approximate surface area is 215 Å². The normalized spacial score (nSPS) is 15.4. The number of nitrogens with zero attached hydrogens (tertiary/aromatic N) is 5. The number of carbonyl (C=O) groups excluding carboxylic acids is 2. The molecule has 4 rings (SSSR count). The number of ether oxygens (including phenoxy) is 1. The molecule has 0 aliphatic carbocycles. The summed E-state index contributed by atoms with van der Waals surface area (Å²) in [5, 5.41) is 10.8. The Bertz CT molecular complexity index is 1300. The minimum Gasteiger partial charge on any atom is -0.489 e. The second kappa shape index (κ2) is 11.1. The molecule has 11 nitrogen and oxygen atoms in total. The summed E-state index contributed by atoms with van der Waals surface area (Å²) in [5.41, 5.74) is 8.02. The zero-order valence-electron chi connectivity index (χ0n) is 21.3. The van der Waals surface area contributed by atoms with Crippen LogP contribution < -0.4 is 21.1 Å². The summed E-state index contributed by atoms with van der Waals surface area (Å²) in [5.74, 6) is 0.424. The van der Waals surface area contributed by atoms with Crippen molar-refractivity contribution in [2.24, 2.45) is 5.73 Å². The van der Waals surface area contributed by atoms with Gasteiger partial charge in [0.05, 0.1) is 29.7 Å². The molecular weight excluding hydrogens is 472 g/mol. The number of piperidine rings is 1. The van der Waals surface area contributed by atoms with Crippen molar-refractivity contribution in [2.75, 3.05) is 23.7 Å². The van der Waals surface area contributed by atoms with E-state index in [-0.39, 0.29) is 35.4 Å². The zero-order valence-corrected chi connectivity index (χ0v) is 21.3. The average Bonchev–Trinajstić information content (AvgIpc) is 3.34. The smallest absolute Gasteiger partial charge is 0.254 e. The van der Waals surface area contributed by atoms with Gasteiger partial charge in [-0.25, -0.2) is 4.98 Å². The second-order valence-corrected chi connectivity index (χ2v) is 9.18. The Morgan fingerprint density at radius 2 is 2.08 bits per heavy atom. The van der Waals surface area contributed by atoms with E-state index in [4.69, 9.17) is 10.5 Å².